The summed E-state index contributed by atoms with van der Waals surface area (Å²) in [5.41, 5.74) is 0. The molecule has 2 atom stereocenters. The van der Waals surface area contributed by atoms with E-state index in [1.54, 1.807) is 6.92 Å². The van der Waals surface area contributed by atoms with Crippen molar-refractivity contribution in [1.82, 2.24) is 0 Å². The fourth-order valence-corrected chi connectivity index (χ4v) is 2.06. The van der Waals surface area contributed by atoms with Crippen LogP contribution in [0.3, 0.4) is 0 Å². The molecule has 1 saturated carbocycles. The van der Waals surface area contributed by atoms with Gasteiger partial charge in [-0.2, -0.15) is 0 Å². The van der Waals surface area contributed by atoms with Crippen LogP contribution in [0.5, 0.6) is 0 Å². The Morgan fingerprint density at radius 1 is 1.38 bits per heavy atom. The van der Waals surface area contributed by atoms with Gasteiger partial charge >= 0.3 is 5.97 Å². The van der Waals surface area contributed by atoms with E-state index in [2.05, 4.69) is 4.74 Å². The highest BCUT2D eigenvalue weighted by molar-refractivity contribution is 5.98. The van der Waals surface area contributed by atoms with Gasteiger partial charge in [-0.25, -0.2) is 0 Å². The van der Waals surface area contributed by atoms with Crippen molar-refractivity contribution < 1.29 is 19.1 Å². The number of ether oxygens (including phenoxy) is 1. The minimum Gasteiger partial charge on any atom is -0.466 e. The molecule has 0 unspecified atom stereocenters. The van der Waals surface area contributed by atoms with Gasteiger partial charge in [0.2, 0.25) is 0 Å². The molecule has 90 valence electrons. The third-order valence-corrected chi connectivity index (χ3v) is 2.96. The fourth-order valence-electron chi connectivity index (χ4n) is 2.06. The summed E-state index contributed by atoms with van der Waals surface area (Å²) in [6.45, 7) is 3.87. The van der Waals surface area contributed by atoms with Crippen LogP contribution >= 0.6 is 0 Å². The second kappa shape index (κ2) is 5.77. The van der Waals surface area contributed by atoms with Gasteiger partial charge in [0, 0.05) is 18.3 Å². The molecule has 1 aliphatic rings. The number of rotatable bonds is 5. The molecule has 0 N–H and O–H groups in total. The van der Waals surface area contributed by atoms with Gasteiger partial charge in [-0.05, 0) is 19.8 Å². The number of hydrogen-bond acceptors (Lipinski definition) is 4. The van der Waals surface area contributed by atoms with E-state index in [9.17, 15) is 14.4 Å². The summed E-state index contributed by atoms with van der Waals surface area (Å²) in [6, 6.07) is 0. The summed E-state index contributed by atoms with van der Waals surface area (Å²) >= 11 is 0. The molecule has 0 spiro atoms. The van der Waals surface area contributed by atoms with Gasteiger partial charge in [0.1, 0.15) is 18.0 Å². The summed E-state index contributed by atoms with van der Waals surface area (Å²) < 4.78 is 4.68. The number of carbonyl (C=O) groups is 3. The maximum Gasteiger partial charge on any atom is 0.313 e. The van der Waals surface area contributed by atoms with Crippen LogP contribution in [0, 0.1) is 11.8 Å². The average molecular weight is 226 g/mol. The molecule has 0 bridgehead atoms. The zero-order valence-corrected chi connectivity index (χ0v) is 9.82. The zero-order valence-electron chi connectivity index (χ0n) is 9.82. The van der Waals surface area contributed by atoms with Crippen LogP contribution in [0.1, 0.15) is 39.5 Å². The Kier molecular flexibility index (Phi) is 4.65. The maximum atomic E-state index is 11.6. The Labute approximate surface area is 95.3 Å². The SMILES string of the molecule is CCOC(=O)CC(=O)C[C@@H]1CC[C@@H](C)C1=O. The van der Waals surface area contributed by atoms with Gasteiger partial charge in [0.05, 0.1) is 6.61 Å². The van der Waals surface area contributed by atoms with E-state index in [1.165, 1.54) is 0 Å². The van der Waals surface area contributed by atoms with Crippen LogP contribution in [-0.4, -0.2) is 24.1 Å². The normalized spacial score (nSPS) is 24.5. The first kappa shape index (κ1) is 12.9. The van der Waals surface area contributed by atoms with Crippen molar-refractivity contribution in [3.8, 4) is 0 Å². The van der Waals surface area contributed by atoms with Gasteiger partial charge in [-0.1, -0.05) is 6.92 Å². The molecular formula is C12H18O4. The van der Waals surface area contributed by atoms with Crippen molar-refractivity contribution in [3.05, 3.63) is 0 Å². The molecule has 16 heavy (non-hydrogen) atoms. The molecule has 0 aromatic carbocycles. The van der Waals surface area contributed by atoms with Crippen molar-refractivity contribution in [2.75, 3.05) is 6.61 Å². The first-order chi connectivity index (χ1) is 7.54. The first-order valence-electron chi connectivity index (χ1n) is 5.75. The molecular weight excluding hydrogens is 208 g/mol. The van der Waals surface area contributed by atoms with Crippen LogP contribution in [-0.2, 0) is 19.1 Å². The van der Waals surface area contributed by atoms with E-state index in [-0.39, 0.29) is 42.9 Å². The molecule has 0 saturated heterocycles. The molecule has 0 aliphatic heterocycles. The minimum atomic E-state index is -0.494. The van der Waals surface area contributed by atoms with Crippen LogP contribution in [0.15, 0.2) is 0 Å². The summed E-state index contributed by atoms with van der Waals surface area (Å²) in [5, 5.41) is 0. The Hall–Kier alpha value is -1.19. The smallest absolute Gasteiger partial charge is 0.313 e. The van der Waals surface area contributed by atoms with Gasteiger partial charge < -0.3 is 4.74 Å². The van der Waals surface area contributed by atoms with Gasteiger partial charge in [0.25, 0.3) is 0 Å². The van der Waals surface area contributed by atoms with Gasteiger partial charge in [-0.15, -0.1) is 0 Å². The molecule has 1 rings (SSSR count). The molecule has 1 fully saturated rings. The second-order valence-electron chi connectivity index (χ2n) is 4.30. The van der Waals surface area contributed by atoms with Crippen LogP contribution < -0.4 is 0 Å². The van der Waals surface area contributed by atoms with E-state index < -0.39 is 5.97 Å². The number of carbonyl (C=O) groups excluding carboxylic acids is 3. The highest BCUT2D eigenvalue weighted by atomic mass is 16.5. The zero-order chi connectivity index (χ0) is 12.1. The van der Waals surface area contributed by atoms with Crippen molar-refractivity contribution in [2.45, 2.75) is 39.5 Å². The topological polar surface area (TPSA) is 60.4 Å². The van der Waals surface area contributed by atoms with Crippen LogP contribution in [0.2, 0.25) is 0 Å². The standard InChI is InChI=1S/C12H18O4/c1-3-16-11(14)7-10(13)6-9-5-4-8(2)12(9)15/h8-9H,3-7H2,1-2H3/t8-,9+/m1/s1. The van der Waals surface area contributed by atoms with Crippen molar-refractivity contribution in [2.24, 2.45) is 11.8 Å². The van der Waals surface area contributed by atoms with E-state index in [4.69, 9.17) is 0 Å². The average Bonchev–Trinajstić information content (AvgIpc) is 2.50. The maximum absolute atomic E-state index is 11.6. The lowest BCUT2D eigenvalue weighted by Gasteiger charge is -2.07. The highest BCUT2D eigenvalue weighted by Gasteiger charge is 2.32. The quantitative estimate of drug-likeness (QED) is 0.526. The molecule has 4 heteroatoms. The highest BCUT2D eigenvalue weighted by Crippen LogP contribution is 2.29. The fraction of sp³-hybridized carbons (Fsp3) is 0.750. The number of Topliss-reactive ketones (excluding diaryl/α,β-unsaturated/α-hetero) is 2. The second-order valence-corrected chi connectivity index (χ2v) is 4.30. The lowest BCUT2D eigenvalue weighted by molar-refractivity contribution is -0.146. The lowest BCUT2D eigenvalue weighted by Crippen LogP contribution is -2.18. The molecule has 0 radical (unpaired) electrons. The van der Waals surface area contributed by atoms with E-state index in [0.717, 1.165) is 12.8 Å². The lowest BCUT2D eigenvalue weighted by atomic mass is 9.97. The molecule has 0 aromatic heterocycles. The summed E-state index contributed by atoms with van der Waals surface area (Å²) in [5.74, 6) is -0.619. The predicted octanol–water partition coefficient (Wildman–Crippen LogP) is 1.51. The third-order valence-electron chi connectivity index (χ3n) is 2.96. The largest absolute Gasteiger partial charge is 0.466 e. The summed E-state index contributed by atoms with van der Waals surface area (Å²) in [7, 11) is 0. The summed E-state index contributed by atoms with van der Waals surface area (Å²) in [6.07, 6.45) is 1.62. The number of ketones is 2. The molecule has 1 aliphatic carbocycles. The monoisotopic (exact) mass is 226 g/mol. The summed E-state index contributed by atoms with van der Waals surface area (Å²) in [4.78, 5) is 34.1. The van der Waals surface area contributed by atoms with Crippen molar-refractivity contribution >= 4 is 17.5 Å². The Morgan fingerprint density at radius 2 is 2.06 bits per heavy atom. The van der Waals surface area contributed by atoms with E-state index in [0.29, 0.717) is 0 Å². The molecule has 4 nitrogen and oxygen atoms in total. The van der Waals surface area contributed by atoms with Crippen LogP contribution in [0.4, 0.5) is 0 Å². The minimum absolute atomic E-state index is 0.0698. The van der Waals surface area contributed by atoms with Crippen molar-refractivity contribution in [1.29, 1.82) is 0 Å². The molecule has 0 aromatic rings. The van der Waals surface area contributed by atoms with E-state index in [1.807, 2.05) is 6.92 Å². The predicted molar refractivity (Wildman–Crippen MR) is 57.8 cm³/mol. The third kappa shape index (κ3) is 3.43. The Balaban J connectivity index is 2.35. The van der Waals surface area contributed by atoms with E-state index >= 15 is 0 Å². The Bertz CT molecular complexity index is 295. The van der Waals surface area contributed by atoms with Crippen LogP contribution in [0.25, 0.3) is 0 Å². The van der Waals surface area contributed by atoms with Gasteiger partial charge in [0.15, 0.2) is 0 Å². The number of hydrogen-bond donors (Lipinski definition) is 0. The number of esters is 1. The first-order valence-corrected chi connectivity index (χ1v) is 5.75. The molecule has 0 heterocycles. The van der Waals surface area contributed by atoms with Crippen molar-refractivity contribution in [3.63, 3.8) is 0 Å². The van der Waals surface area contributed by atoms with Gasteiger partial charge in [-0.3, -0.25) is 14.4 Å². The molecule has 0 amide bonds. The Morgan fingerprint density at radius 3 is 2.56 bits per heavy atom.